The number of thioether (sulfide) groups is 1. The van der Waals surface area contributed by atoms with Gasteiger partial charge in [0.25, 0.3) is 0 Å². The van der Waals surface area contributed by atoms with E-state index < -0.39 is 11.7 Å². The van der Waals surface area contributed by atoms with E-state index in [0.717, 1.165) is 52.1 Å². The van der Waals surface area contributed by atoms with Crippen molar-refractivity contribution in [2.75, 3.05) is 5.75 Å². The molecule has 0 saturated heterocycles. The zero-order valence-corrected chi connectivity index (χ0v) is 22.1. The van der Waals surface area contributed by atoms with Crippen LogP contribution in [0.15, 0.2) is 47.1 Å². The minimum Gasteiger partial charge on any atom is -0.430 e. The van der Waals surface area contributed by atoms with Crippen molar-refractivity contribution in [2.45, 2.75) is 77.3 Å². The zero-order valence-electron chi connectivity index (χ0n) is 21.3. The summed E-state index contributed by atoms with van der Waals surface area (Å²) in [6, 6.07) is 9.31. The average Bonchev–Trinajstić information content (AvgIpc) is 2.83. The Morgan fingerprint density at radius 1 is 1.03 bits per heavy atom. The van der Waals surface area contributed by atoms with Crippen LogP contribution < -0.4 is 0 Å². The number of benzene rings is 2. The lowest BCUT2D eigenvalue weighted by Gasteiger charge is -2.28. The van der Waals surface area contributed by atoms with Gasteiger partial charge in [-0.2, -0.15) is 13.2 Å². The van der Waals surface area contributed by atoms with Crippen molar-refractivity contribution in [3.63, 3.8) is 0 Å². The molecule has 1 unspecified atom stereocenters. The smallest absolute Gasteiger partial charge is 0.416 e. The number of ketones is 1. The lowest BCUT2D eigenvalue weighted by Crippen LogP contribution is -2.23. The summed E-state index contributed by atoms with van der Waals surface area (Å²) in [5.41, 5.74) is 4.08. The number of carbonyl (C=O) groups excluding carboxylic acids is 2. The molecule has 1 atom stereocenters. The van der Waals surface area contributed by atoms with Crippen molar-refractivity contribution in [3.05, 3.63) is 70.0 Å². The molecular formula is C29H33F3O3S. The number of Topliss-reactive ketones (excluding diaryl/α,β-unsaturated/α-hetero) is 1. The molecule has 0 aliphatic heterocycles. The third-order valence-corrected chi connectivity index (χ3v) is 7.51. The lowest BCUT2D eigenvalue weighted by atomic mass is 9.79. The van der Waals surface area contributed by atoms with Gasteiger partial charge in [0.2, 0.25) is 0 Å². The molecule has 0 heterocycles. The molecule has 0 radical (unpaired) electrons. The van der Waals surface area contributed by atoms with E-state index in [1.165, 1.54) is 23.9 Å². The fraction of sp³-hybridized carbons (Fsp3) is 0.448. The molecule has 2 aromatic carbocycles. The molecular weight excluding hydrogens is 485 g/mol. The first kappa shape index (κ1) is 28.0. The monoisotopic (exact) mass is 518 g/mol. The highest BCUT2D eigenvalue weighted by Crippen LogP contribution is 2.40. The van der Waals surface area contributed by atoms with Crippen LogP contribution >= 0.6 is 11.8 Å². The van der Waals surface area contributed by atoms with Crippen LogP contribution in [0, 0.1) is 12.8 Å². The van der Waals surface area contributed by atoms with E-state index in [9.17, 15) is 22.8 Å². The van der Waals surface area contributed by atoms with E-state index in [-0.39, 0.29) is 24.1 Å². The predicted octanol–water partition coefficient (Wildman–Crippen LogP) is 7.96. The van der Waals surface area contributed by atoms with Crippen LogP contribution in [0.4, 0.5) is 13.2 Å². The Labute approximate surface area is 215 Å². The van der Waals surface area contributed by atoms with Crippen LogP contribution in [-0.4, -0.2) is 17.5 Å². The van der Waals surface area contributed by atoms with Gasteiger partial charge in [0.1, 0.15) is 5.76 Å². The lowest BCUT2D eigenvalue weighted by molar-refractivity contribution is -0.139. The maximum atomic E-state index is 13.5. The Morgan fingerprint density at radius 3 is 2.17 bits per heavy atom. The van der Waals surface area contributed by atoms with E-state index in [1.807, 2.05) is 6.92 Å². The fourth-order valence-corrected chi connectivity index (χ4v) is 5.66. The Balaban J connectivity index is 1.83. The quantitative estimate of drug-likeness (QED) is 0.249. The second-order valence-corrected chi connectivity index (χ2v) is 10.3. The summed E-state index contributed by atoms with van der Waals surface area (Å²) in [6.45, 7) is 7.89. The predicted molar refractivity (Wildman–Crippen MR) is 138 cm³/mol. The Kier molecular flexibility index (Phi) is 9.45. The maximum absolute atomic E-state index is 13.5. The molecule has 7 heteroatoms. The third kappa shape index (κ3) is 6.81. The third-order valence-electron chi connectivity index (χ3n) is 6.47. The van der Waals surface area contributed by atoms with Gasteiger partial charge < -0.3 is 4.74 Å². The fourth-order valence-electron chi connectivity index (χ4n) is 4.65. The van der Waals surface area contributed by atoms with E-state index >= 15 is 0 Å². The molecule has 1 aliphatic carbocycles. The van der Waals surface area contributed by atoms with Crippen LogP contribution in [0.3, 0.4) is 0 Å². The van der Waals surface area contributed by atoms with Crippen LogP contribution in [0.2, 0.25) is 0 Å². The Hall–Kier alpha value is -2.54. The molecule has 3 nitrogen and oxygen atoms in total. The minimum atomic E-state index is -4.35. The number of carbonyl (C=O) groups is 2. The summed E-state index contributed by atoms with van der Waals surface area (Å²) in [4.78, 5) is 26.5. The standard InChI is InChI=1S/C29H33F3O3S/c1-5-20-14-18(4)15-21(6-2)27(20)28-24(33)16-19(17-25(28)35-26(34)7-3)12-13-36-23-10-8-22(9-11-23)29(30,31)32/h8-11,14-15,19H,5-7,12-13,16-17H2,1-4H3. The summed E-state index contributed by atoms with van der Waals surface area (Å²) in [6.07, 6.45) is -1.07. The normalized spacial score (nSPS) is 16.4. The van der Waals surface area contributed by atoms with Gasteiger partial charge in [-0.25, -0.2) is 0 Å². The molecule has 2 aromatic rings. The largest absolute Gasteiger partial charge is 0.430 e. The number of rotatable bonds is 9. The van der Waals surface area contributed by atoms with E-state index in [2.05, 4.69) is 26.0 Å². The first-order valence-electron chi connectivity index (χ1n) is 12.5. The number of hydrogen-bond acceptors (Lipinski definition) is 4. The number of esters is 1. The second-order valence-electron chi connectivity index (χ2n) is 9.15. The molecule has 0 spiro atoms. The van der Waals surface area contributed by atoms with Crippen molar-refractivity contribution < 1.29 is 27.5 Å². The highest BCUT2D eigenvalue weighted by molar-refractivity contribution is 7.99. The first-order valence-corrected chi connectivity index (χ1v) is 13.5. The number of hydrogen-bond donors (Lipinski definition) is 0. The van der Waals surface area contributed by atoms with Crippen molar-refractivity contribution in [1.29, 1.82) is 0 Å². The number of aryl methyl sites for hydroxylation is 3. The van der Waals surface area contributed by atoms with E-state index in [4.69, 9.17) is 4.74 Å². The van der Waals surface area contributed by atoms with E-state index in [0.29, 0.717) is 36.3 Å². The van der Waals surface area contributed by atoms with Crippen molar-refractivity contribution in [3.8, 4) is 0 Å². The van der Waals surface area contributed by atoms with Gasteiger partial charge in [0.05, 0.1) is 11.1 Å². The van der Waals surface area contributed by atoms with Crippen LogP contribution in [0.25, 0.3) is 5.57 Å². The SMILES string of the molecule is CCC(=O)OC1=C(c2c(CC)cc(C)cc2CC)C(=O)CC(CCSc2ccc(C(F)(F)F)cc2)C1. The summed E-state index contributed by atoms with van der Waals surface area (Å²) in [5.74, 6) is 0.731. The molecule has 36 heavy (non-hydrogen) atoms. The highest BCUT2D eigenvalue weighted by atomic mass is 32.2. The number of allylic oxidation sites excluding steroid dienone is 2. The molecule has 0 aromatic heterocycles. The van der Waals surface area contributed by atoms with Crippen molar-refractivity contribution >= 4 is 29.1 Å². The Morgan fingerprint density at radius 2 is 1.64 bits per heavy atom. The van der Waals surface area contributed by atoms with Gasteiger partial charge in [-0.3, -0.25) is 9.59 Å². The van der Waals surface area contributed by atoms with Crippen LogP contribution in [0.1, 0.15) is 74.3 Å². The minimum absolute atomic E-state index is 0.00320. The second kappa shape index (κ2) is 12.1. The highest BCUT2D eigenvalue weighted by Gasteiger charge is 2.33. The van der Waals surface area contributed by atoms with Gasteiger partial charge in [0.15, 0.2) is 5.78 Å². The Bertz CT molecular complexity index is 1110. The van der Waals surface area contributed by atoms with Gasteiger partial charge >= 0.3 is 12.1 Å². The van der Waals surface area contributed by atoms with Crippen LogP contribution in [-0.2, 0) is 33.3 Å². The average molecular weight is 519 g/mol. The molecule has 0 saturated carbocycles. The van der Waals surface area contributed by atoms with Crippen molar-refractivity contribution in [1.82, 2.24) is 0 Å². The van der Waals surface area contributed by atoms with E-state index in [1.54, 1.807) is 6.92 Å². The molecule has 0 fully saturated rings. The summed E-state index contributed by atoms with van der Waals surface area (Å²) in [5, 5.41) is 0. The van der Waals surface area contributed by atoms with Crippen molar-refractivity contribution in [2.24, 2.45) is 5.92 Å². The number of halogens is 3. The topological polar surface area (TPSA) is 43.4 Å². The molecule has 0 N–H and O–H groups in total. The number of alkyl halides is 3. The molecule has 194 valence electrons. The first-order chi connectivity index (χ1) is 17.1. The summed E-state index contributed by atoms with van der Waals surface area (Å²) < 4.78 is 44.1. The summed E-state index contributed by atoms with van der Waals surface area (Å²) in [7, 11) is 0. The van der Waals surface area contributed by atoms with Gasteiger partial charge in [0, 0.05) is 24.2 Å². The molecule has 3 rings (SSSR count). The molecule has 0 bridgehead atoms. The van der Waals surface area contributed by atoms with Gasteiger partial charge in [-0.05, 0) is 78.8 Å². The maximum Gasteiger partial charge on any atom is 0.416 e. The zero-order chi connectivity index (χ0) is 26.5. The van der Waals surface area contributed by atoms with Gasteiger partial charge in [-0.15, -0.1) is 11.8 Å². The molecule has 1 aliphatic rings. The molecule has 0 amide bonds. The van der Waals surface area contributed by atoms with Crippen LogP contribution in [0.5, 0.6) is 0 Å². The van der Waals surface area contributed by atoms with Gasteiger partial charge in [-0.1, -0.05) is 38.5 Å². The summed E-state index contributed by atoms with van der Waals surface area (Å²) >= 11 is 1.46. The number of ether oxygens (including phenoxy) is 1.